The van der Waals surface area contributed by atoms with Crippen LogP contribution in [0.1, 0.15) is 18.6 Å². The molecule has 1 aromatic carbocycles. The zero-order valence-electron chi connectivity index (χ0n) is 9.32. The van der Waals surface area contributed by atoms with E-state index in [1.165, 1.54) is 12.1 Å². The van der Waals surface area contributed by atoms with Gasteiger partial charge in [-0.2, -0.15) is 0 Å². The second-order valence-corrected chi connectivity index (χ2v) is 4.67. The first-order chi connectivity index (χ1) is 8.15. The van der Waals surface area contributed by atoms with E-state index in [1.54, 1.807) is 12.1 Å². The number of rotatable bonds is 3. The average molecular weight is 232 g/mol. The molecule has 0 spiro atoms. The molecule has 88 valence electrons. The van der Waals surface area contributed by atoms with Crippen LogP contribution in [0.3, 0.4) is 0 Å². The molecular weight excluding hydrogens is 219 g/mol. The third-order valence-electron chi connectivity index (χ3n) is 3.12. The van der Waals surface area contributed by atoms with Crippen molar-refractivity contribution in [2.75, 3.05) is 0 Å². The molecule has 0 amide bonds. The Kier molecular flexibility index (Phi) is 2.30. The Bertz CT molecular complexity index is 523. The zero-order valence-corrected chi connectivity index (χ0v) is 9.32. The predicted molar refractivity (Wildman–Crippen MR) is 62.0 cm³/mol. The van der Waals surface area contributed by atoms with Gasteiger partial charge >= 0.3 is 0 Å². The molecule has 2 nitrogen and oxygen atoms in total. The fourth-order valence-corrected chi connectivity index (χ4v) is 1.89. The summed E-state index contributed by atoms with van der Waals surface area (Å²) in [5.74, 6) is 1.24. The summed E-state index contributed by atoms with van der Waals surface area (Å²) < 4.78 is 18.4. The molecule has 0 unspecified atom stereocenters. The van der Waals surface area contributed by atoms with Crippen molar-refractivity contribution in [3.05, 3.63) is 48.0 Å². The highest BCUT2D eigenvalue weighted by atomic mass is 19.1. The van der Waals surface area contributed by atoms with Gasteiger partial charge in [0.2, 0.25) is 0 Å². The maximum Gasteiger partial charge on any atom is 0.134 e. The quantitative estimate of drug-likeness (QED) is 0.881. The lowest BCUT2D eigenvalue weighted by atomic mass is 10.2. The summed E-state index contributed by atoms with van der Waals surface area (Å²) in [6.45, 7) is 0. The molecule has 0 bridgehead atoms. The van der Waals surface area contributed by atoms with Gasteiger partial charge in [0.1, 0.15) is 17.3 Å². The molecule has 17 heavy (non-hydrogen) atoms. The fourth-order valence-electron chi connectivity index (χ4n) is 1.89. The highest BCUT2D eigenvalue weighted by Crippen LogP contribution is 2.39. The Morgan fingerprint density at radius 2 is 1.82 bits per heavy atom. The Hall–Kier alpha value is -1.61. The van der Waals surface area contributed by atoms with Gasteiger partial charge in [-0.25, -0.2) is 4.39 Å². The third-order valence-corrected chi connectivity index (χ3v) is 3.12. The van der Waals surface area contributed by atoms with Gasteiger partial charge in [0.05, 0.1) is 5.60 Å². The van der Waals surface area contributed by atoms with Gasteiger partial charge in [-0.05, 0) is 49.2 Å². The normalized spacial score (nSPS) is 17.1. The second kappa shape index (κ2) is 3.70. The molecule has 0 radical (unpaired) electrons. The molecule has 1 heterocycles. The molecule has 1 aromatic heterocycles. The molecular formula is C14H13FO2. The Balaban J connectivity index is 1.82. The Morgan fingerprint density at radius 1 is 1.12 bits per heavy atom. The van der Waals surface area contributed by atoms with E-state index >= 15 is 0 Å². The van der Waals surface area contributed by atoms with Gasteiger partial charge in [0.25, 0.3) is 0 Å². The van der Waals surface area contributed by atoms with Gasteiger partial charge < -0.3 is 9.52 Å². The van der Waals surface area contributed by atoms with Crippen molar-refractivity contribution in [1.29, 1.82) is 0 Å². The van der Waals surface area contributed by atoms with Gasteiger partial charge in [-0.15, -0.1) is 0 Å². The topological polar surface area (TPSA) is 33.4 Å². The molecule has 1 N–H and O–H groups in total. The molecule has 0 saturated heterocycles. The summed E-state index contributed by atoms with van der Waals surface area (Å²) >= 11 is 0. The first-order valence-corrected chi connectivity index (χ1v) is 5.72. The van der Waals surface area contributed by atoms with Crippen LogP contribution in [0, 0.1) is 5.82 Å². The molecule has 1 aliphatic rings. The summed E-state index contributed by atoms with van der Waals surface area (Å²) in [6, 6.07) is 9.91. The van der Waals surface area contributed by atoms with Crippen LogP contribution in [-0.4, -0.2) is 10.7 Å². The lowest BCUT2D eigenvalue weighted by Gasteiger charge is -2.03. The number of hydrogen-bond donors (Lipinski definition) is 1. The molecule has 1 saturated carbocycles. The molecule has 2 aromatic rings. The number of benzene rings is 1. The lowest BCUT2D eigenvalue weighted by molar-refractivity contribution is 0.144. The maximum absolute atomic E-state index is 12.8. The van der Waals surface area contributed by atoms with Crippen molar-refractivity contribution in [3.8, 4) is 11.3 Å². The smallest absolute Gasteiger partial charge is 0.134 e. The monoisotopic (exact) mass is 232 g/mol. The van der Waals surface area contributed by atoms with Crippen molar-refractivity contribution in [2.45, 2.75) is 24.9 Å². The van der Waals surface area contributed by atoms with Crippen molar-refractivity contribution in [3.63, 3.8) is 0 Å². The maximum atomic E-state index is 12.8. The highest BCUT2D eigenvalue weighted by molar-refractivity contribution is 5.57. The molecule has 3 rings (SSSR count). The average Bonchev–Trinajstić information content (AvgIpc) is 2.86. The summed E-state index contributed by atoms with van der Waals surface area (Å²) in [5, 5.41) is 9.79. The van der Waals surface area contributed by atoms with Crippen LogP contribution in [0.15, 0.2) is 40.8 Å². The second-order valence-electron chi connectivity index (χ2n) is 4.67. The fraction of sp³-hybridized carbons (Fsp3) is 0.286. The summed E-state index contributed by atoms with van der Waals surface area (Å²) in [7, 11) is 0. The van der Waals surface area contributed by atoms with Crippen LogP contribution >= 0.6 is 0 Å². The number of hydrogen-bond acceptors (Lipinski definition) is 2. The molecule has 1 fully saturated rings. The third kappa shape index (κ3) is 2.24. The first-order valence-electron chi connectivity index (χ1n) is 5.72. The molecule has 0 aliphatic heterocycles. The van der Waals surface area contributed by atoms with Crippen molar-refractivity contribution in [2.24, 2.45) is 0 Å². The van der Waals surface area contributed by atoms with Gasteiger partial charge in [0, 0.05) is 12.0 Å². The van der Waals surface area contributed by atoms with E-state index in [0.717, 1.165) is 24.2 Å². The Labute approximate surface area is 98.7 Å². The first kappa shape index (κ1) is 10.5. The van der Waals surface area contributed by atoms with E-state index in [9.17, 15) is 9.50 Å². The lowest BCUT2D eigenvalue weighted by Crippen LogP contribution is -2.09. The minimum absolute atomic E-state index is 0.257. The largest absolute Gasteiger partial charge is 0.461 e. The molecule has 1 aliphatic carbocycles. The van der Waals surface area contributed by atoms with Crippen LogP contribution in [0.4, 0.5) is 4.39 Å². The van der Waals surface area contributed by atoms with E-state index in [0.29, 0.717) is 12.2 Å². The number of furan rings is 1. The van der Waals surface area contributed by atoms with Gasteiger partial charge in [0.15, 0.2) is 0 Å². The van der Waals surface area contributed by atoms with Crippen LogP contribution in [0.25, 0.3) is 11.3 Å². The molecule has 3 heteroatoms. The summed E-state index contributed by atoms with van der Waals surface area (Å²) in [5.41, 5.74) is 0.304. The van der Waals surface area contributed by atoms with E-state index in [2.05, 4.69) is 0 Å². The van der Waals surface area contributed by atoms with Crippen LogP contribution in [-0.2, 0) is 6.42 Å². The van der Waals surface area contributed by atoms with Crippen molar-refractivity contribution in [1.82, 2.24) is 0 Å². The van der Waals surface area contributed by atoms with Gasteiger partial charge in [-0.3, -0.25) is 0 Å². The van der Waals surface area contributed by atoms with E-state index in [1.807, 2.05) is 12.1 Å². The van der Waals surface area contributed by atoms with Crippen LogP contribution in [0.5, 0.6) is 0 Å². The van der Waals surface area contributed by atoms with Crippen LogP contribution in [0.2, 0.25) is 0 Å². The number of halogens is 1. The molecule has 0 atom stereocenters. The highest BCUT2D eigenvalue weighted by Gasteiger charge is 2.41. The van der Waals surface area contributed by atoms with Gasteiger partial charge in [-0.1, -0.05) is 0 Å². The summed E-state index contributed by atoms with van der Waals surface area (Å²) in [6.07, 6.45) is 2.26. The Morgan fingerprint density at radius 3 is 2.47 bits per heavy atom. The predicted octanol–water partition coefficient (Wildman–Crippen LogP) is 3.15. The minimum atomic E-state index is -0.544. The number of aliphatic hydroxyl groups is 1. The van der Waals surface area contributed by atoms with Crippen molar-refractivity contribution >= 4 is 0 Å². The van der Waals surface area contributed by atoms with Crippen molar-refractivity contribution < 1.29 is 13.9 Å². The van der Waals surface area contributed by atoms with E-state index < -0.39 is 5.60 Å². The van der Waals surface area contributed by atoms with E-state index in [4.69, 9.17) is 4.42 Å². The standard InChI is InChI=1S/C14H13FO2/c15-11-3-1-10(2-4-11)13-6-5-12(17-13)9-14(16)7-8-14/h1-6,16H,7-9H2. The van der Waals surface area contributed by atoms with E-state index in [-0.39, 0.29) is 5.82 Å². The summed E-state index contributed by atoms with van der Waals surface area (Å²) in [4.78, 5) is 0. The SMILES string of the molecule is OC1(Cc2ccc(-c3ccc(F)cc3)o2)CC1. The minimum Gasteiger partial charge on any atom is -0.461 e. The zero-order chi connectivity index (χ0) is 11.9. The van der Waals surface area contributed by atoms with Crippen LogP contribution < -0.4 is 0 Å².